The van der Waals surface area contributed by atoms with Crippen LogP contribution in [0.3, 0.4) is 0 Å². The zero-order valence-corrected chi connectivity index (χ0v) is 22.7. The third-order valence-electron chi connectivity index (χ3n) is 5.99. The number of thiocarbonyl (C=S) groups is 1. The fourth-order valence-corrected chi connectivity index (χ4v) is 4.38. The van der Waals surface area contributed by atoms with Gasteiger partial charge in [-0.05, 0) is 60.2 Å². The maximum atomic E-state index is 12.4. The van der Waals surface area contributed by atoms with Gasteiger partial charge in [-0.1, -0.05) is 68.5 Å². The first kappa shape index (κ1) is 28.8. The molecule has 0 saturated carbocycles. The molecule has 3 aromatic carbocycles. The first-order chi connectivity index (χ1) is 19.1. The molecule has 4 aromatic rings. The van der Waals surface area contributed by atoms with Gasteiger partial charge in [-0.15, -0.1) is 18.3 Å². The molecule has 2 N–H and O–H groups in total. The van der Waals surface area contributed by atoms with Gasteiger partial charge >= 0.3 is 12.4 Å². The Morgan fingerprint density at radius 2 is 1.80 bits per heavy atom. The summed E-state index contributed by atoms with van der Waals surface area (Å²) in [5.74, 6) is 0.451. The predicted octanol–water partition coefficient (Wildman–Crippen LogP) is 6.56. The van der Waals surface area contributed by atoms with Crippen LogP contribution in [-0.2, 0) is 6.42 Å². The molecule has 0 fully saturated rings. The second kappa shape index (κ2) is 12.7. The van der Waals surface area contributed by atoms with Gasteiger partial charge in [0.1, 0.15) is 17.1 Å². The minimum atomic E-state index is -4.75. The van der Waals surface area contributed by atoms with Crippen LogP contribution in [0.2, 0.25) is 0 Å². The number of aryl methyl sites for hydroxylation is 1. The number of urea groups is 1. The number of carbonyl (C=O) groups excluding carboxylic acids is 1. The molecule has 2 amide bonds. The number of alkyl halides is 3. The number of nitrogens with zero attached hydrogens (tertiary/aromatic N) is 3. The summed E-state index contributed by atoms with van der Waals surface area (Å²) in [7, 11) is 0. The van der Waals surface area contributed by atoms with Gasteiger partial charge in [-0.25, -0.2) is 14.5 Å². The standard InChI is InChI=1S/C29H28F3N5O2S/c1-19(2)24-10-3-4-11-25(24)27(40)35-28(38)33-16-6-8-20-7-5-9-21(17-20)26-34-18-37(36-26)22-12-14-23(15-13-22)39-29(30,31)32/h3-5,7,9-15,17-19H,6,8,16H2,1-2H3,(H2,33,35,38,40). The topological polar surface area (TPSA) is 81.1 Å². The molecule has 0 unspecified atom stereocenters. The first-order valence-electron chi connectivity index (χ1n) is 12.6. The molecular formula is C29H28F3N5O2S. The number of hydrogen-bond donors (Lipinski definition) is 2. The minimum absolute atomic E-state index is 0.284. The van der Waals surface area contributed by atoms with E-state index in [9.17, 15) is 18.0 Å². The summed E-state index contributed by atoms with van der Waals surface area (Å²) in [6, 6.07) is 20.5. The van der Waals surface area contributed by atoms with Crippen LogP contribution in [-0.4, -0.2) is 38.7 Å². The summed E-state index contributed by atoms with van der Waals surface area (Å²) in [6.07, 6.45) is -1.83. The fourth-order valence-electron chi connectivity index (χ4n) is 4.10. The number of benzene rings is 3. The van der Waals surface area contributed by atoms with E-state index in [0.29, 0.717) is 29.5 Å². The summed E-state index contributed by atoms with van der Waals surface area (Å²) < 4.78 is 42.5. The Morgan fingerprint density at radius 3 is 2.52 bits per heavy atom. The van der Waals surface area contributed by atoms with Crippen molar-refractivity contribution in [3.05, 3.63) is 95.8 Å². The van der Waals surface area contributed by atoms with Crippen molar-refractivity contribution in [2.75, 3.05) is 6.54 Å². The van der Waals surface area contributed by atoms with E-state index in [1.165, 1.54) is 35.3 Å². The summed E-state index contributed by atoms with van der Waals surface area (Å²) in [5.41, 5.74) is 4.32. The van der Waals surface area contributed by atoms with Gasteiger partial charge in [0, 0.05) is 17.7 Å². The van der Waals surface area contributed by atoms with Crippen molar-refractivity contribution >= 4 is 23.2 Å². The van der Waals surface area contributed by atoms with Crippen molar-refractivity contribution in [1.29, 1.82) is 0 Å². The van der Waals surface area contributed by atoms with Gasteiger partial charge in [0.05, 0.1) is 5.69 Å². The number of rotatable bonds is 9. The summed E-state index contributed by atoms with van der Waals surface area (Å²) >= 11 is 5.45. The second-order valence-electron chi connectivity index (χ2n) is 9.31. The minimum Gasteiger partial charge on any atom is -0.406 e. The molecule has 0 aliphatic rings. The van der Waals surface area contributed by atoms with E-state index in [4.69, 9.17) is 12.2 Å². The van der Waals surface area contributed by atoms with E-state index in [1.54, 1.807) is 0 Å². The molecule has 11 heteroatoms. The monoisotopic (exact) mass is 567 g/mol. The van der Waals surface area contributed by atoms with Gasteiger partial charge in [0.15, 0.2) is 5.82 Å². The molecule has 7 nitrogen and oxygen atoms in total. The highest BCUT2D eigenvalue weighted by Crippen LogP contribution is 2.24. The van der Waals surface area contributed by atoms with Gasteiger partial charge < -0.3 is 10.1 Å². The smallest absolute Gasteiger partial charge is 0.406 e. The summed E-state index contributed by atoms with van der Waals surface area (Å²) in [4.78, 5) is 17.1. The van der Waals surface area contributed by atoms with Crippen LogP contribution in [0.25, 0.3) is 17.1 Å². The van der Waals surface area contributed by atoms with Crippen LogP contribution < -0.4 is 15.4 Å². The van der Waals surface area contributed by atoms with Crippen molar-refractivity contribution in [1.82, 2.24) is 25.4 Å². The van der Waals surface area contributed by atoms with Crippen molar-refractivity contribution in [2.24, 2.45) is 0 Å². The van der Waals surface area contributed by atoms with Crippen LogP contribution in [0.15, 0.2) is 79.1 Å². The molecule has 0 saturated heterocycles. The molecule has 0 aliphatic carbocycles. The first-order valence-corrected chi connectivity index (χ1v) is 13.0. The predicted molar refractivity (Wildman–Crippen MR) is 151 cm³/mol. The number of amides is 2. The molecule has 208 valence electrons. The summed E-state index contributed by atoms with van der Waals surface area (Å²) in [5, 5.41) is 10.1. The molecule has 0 aliphatic heterocycles. The average molecular weight is 568 g/mol. The van der Waals surface area contributed by atoms with Crippen LogP contribution in [0, 0.1) is 0 Å². The number of nitrogens with one attached hydrogen (secondary N) is 2. The van der Waals surface area contributed by atoms with Gasteiger partial charge in [-0.3, -0.25) is 5.32 Å². The molecule has 0 atom stereocenters. The van der Waals surface area contributed by atoms with Crippen LogP contribution in [0.4, 0.5) is 18.0 Å². The zero-order chi connectivity index (χ0) is 28.7. The Labute approximate surface area is 235 Å². The van der Waals surface area contributed by atoms with Crippen molar-refractivity contribution in [3.63, 3.8) is 0 Å². The number of halogens is 3. The highest BCUT2D eigenvalue weighted by molar-refractivity contribution is 7.80. The van der Waals surface area contributed by atoms with E-state index in [0.717, 1.165) is 28.7 Å². The number of carbonyl (C=O) groups is 1. The highest BCUT2D eigenvalue weighted by atomic mass is 32.1. The van der Waals surface area contributed by atoms with Crippen molar-refractivity contribution < 1.29 is 22.7 Å². The Bertz CT molecular complexity index is 1470. The molecular weight excluding hydrogens is 539 g/mol. The number of ether oxygens (including phenoxy) is 1. The molecule has 1 heterocycles. The molecule has 40 heavy (non-hydrogen) atoms. The maximum Gasteiger partial charge on any atom is 0.573 e. The Morgan fingerprint density at radius 1 is 1.05 bits per heavy atom. The van der Waals surface area contributed by atoms with Crippen LogP contribution in [0.1, 0.15) is 42.9 Å². The number of hydrogen-bond acceptors (Lipinski definition) is 5. The molecule has 0 bridgehead atoms. The normalized spacial score (nSPS) is 11.3. The second-order valence-corrected chi connectivity index (χ2v) is 9.72. The highest BCUT2D eigenvalue weighted by Gasteiger charge is 2.31. The zero-order valence-electron chi connectivity index (χ0n) is 21.9. The van der Waals surface area contributed by atoms with Crippen LogP contribution >= 0.6 is 12.2 Å². The largest absolute Gasteiger partial charge is 0.573 e. The van der Waals surface area contributed by atoms with E-state index in [1.807, 2.05) is 48.5 Å². The fraction of sp³-hybridized carbons (Fsp3) is 0.241. The maximum absolute atomic E-state index is 12.4. The SMILES string of the molecule is CC(C)c1ccccc1C(=S)NC(=O)NCCCc1cccc(-c2ncn(-c3ccc(OC(F)(F)F)cc3)n2)c1. The van der Waals surface area contributed by atoms with Gasteiger partial charge in [0.2, 0.25) is 0 Å². The van der Waals surface area contributed by atoms with E-state index in [-0.39, 0.29) is 17.7 Å². The lowest BCUT2D eigenvalue weighted by molar-refractivity contribution is -0.274. The molecule has 0 radical (unpaired) electrons. The van der Waals surface area contributed by atoms with Crippen molar-refractivity contribution in [2.45, 2.75) is 39.0 Å². The van der Waals surface area contributed by atoms with Gasteiger partial charge in [0.25, 0.3) is 0 Å². The quantitative estimate of drug-likeness (QED) is 0.177. The van der Waals surface area contributed by atoms with E-state index < -0.39 is 6.36 Å². The molecule has 0 spiro atoms. The Kier molecular flexibility index (Phi) is 9.15. The van der Waals surface area contributed by atoms with Crippen LogP contribution in [0.5, 0.6) is 5.75 Å². The molecule has 4 rings (SSSR count). The van der Waals surface area contributed by atoms with Crippen molar-refractivity contribution in [3.8, 4) is 22.8 Å². The third-order valence-corrected chi connectivity index (χ3v) is 6.32. The Balaban J connectivity index is 1.28. The van der Waals surface area contributed by atoms with Gasteiger partial charge in [-0.2, -0.15) is 0 Å². The van der Waals surface area contributed by atoms with E-state index in [2.05, 4.69) is 39.3 Å². The lowest BCUT2D eigenvalue weighted by Crippen LogP contribution is -2.39. The lowest BCUT2D eigenvalue weighted by atomic mass is 9.97. The molecule has 1 aromatic heterocycles. The summed E-state index contributed by atoms with van der Waals surface area (Å²) in [6.45, 7) is 4.62. The Hall–Kier alpha value is -4.25. The van der Waals surface area contributed by atoms with E-state index >= 15 is 0 Å². The average Bonchev–Trinajstić information content (AvgIpc) is 3.41. The number of aromatic nitrogens is 3. The lowest BCUT2D eigenvalue weighted by Gasteiger charge is -2.14. The third kappa shape index (κ3) is 7.89.